The summed E-state index contributed by atoms with van der Waals surface area (Å²) in [5.74, 6) is 0.362. The van der Waals surface area contributed by atoms with Crippen molar-refractivity contribution in [1.29, 1.82) is 0 Å². The molecule has 1 aliphatic rings. The van der Waals surface area contributed by atoms with Gasteiger partial charge in [0.1, 0.15) is 0 Å². The Morgan fingerprint density at radius 2 is 1.88 bits per heavy atom. The van der Waals surface area contributed by atoms with Gasteiger partial charge in [0.2, 0.25) is 0 Å². The normalized spacial score (nSPS) is 24.8. The van der Waals surface area contributed by atoms with E-state index in [1.807, 2.05) is 0 Å². The molecule has 4 nitrogen and oxygen atoms in total. The van der Waals surface area contributed by atoms with Crippen LogP contribution in [-0.4, -0.2) is 35.9 Å². The van der Waals surface area contributed by atoms with E-state index in [-0.39, 0.29) is 6.42 Å². The summed E-state index contributed by atoms with van der Waals surface area (Å²) in [6.45, 7) is 2.17. The van der Waals surface area contributed by atoms with Crippen molar-refractivity contribution in [2.75, 3.05) is 19.7 Å². The third kappa shape index (κ3) is 6.03. The smallest absolute Gasteiger partial charge is 0.303 e. The van der Waals surface area contributed by atoms with E-state index in [2.05, 4.69) is 5.32 Å². The van der Waals surface area contributed by atoms with Gasteiger partial charge in [-0.15, -0.1) is 0 Å². The molecule has 0 spiro atoms. The summed E-state index contributed by atoms with van der Waals surface area (Å²) < 4.78 is 0. The lowest BCUT2D eigenvalue weighted by Gasteiger charge is -2.30. The Morgan fingerprint density at radius 3 is 2.53 bits per heavy atom. The molecule has 100 valence electrons. The molecule has 4 heteroatoms. The van der Waals surface area contributed by atoms with Gasteiger partial charge in [0.25, 0.3) is 0 Å². The minimum atomic E-state index is -0.711. The van der Waals surface area contributed by atoms with E-state index in [1.54, 1.807) is 0 Å². The van der Waals surface area contributed by atoms with Crippen molar-refractivity contribution in [3.05, 3.63) is 0 Å². The summed E-state index contributed by atoms with van der Waals surface area (Å²) in [6, 6.07) is 0. The van der Waals surface area contributed by atoms with Crippen molar-refractivity contribution in [2.24, 2.45) is 11.8 Å². The molecule has 1 rings (SSSR count). The van der Waals surface area contributed by atoms with Crippen LogP contribution in [0.3, 0.4) is 0 Å². The van der Waals surface area contributed by atoms with Crippen LogP contribution < -0.4 is 5.32 Å². The molecule has 0 heterocycles. The van der Waals surface area contributed by atoms with Crippen LogP contribution in [0.15, 0.2) is 0 Å². The van der Waals surface area contributed by atoms with Crippen LogP contribution in [0.4, 0.5) is 0 Å². The highest BCUT2D eigenvalue weighted by Gasteiger charge is 2.23. The third-order valence-electron chi connectivity index (χ3n) is 3.70. The maximum Gasteiger partial charge on any atom is 0.303 e. The second-order valence-corrected chi connectivity index (χ2v) is 5.04. The van der Waals surface area contributed by atoms with E-state index in [1.165, 1.54) is 19.3 Å². The van der Waals surface area contributed by atoms with Crippen LogP contribution in [0.2, 0.25) is 0 Å². The second-order valence-electron chi connectivity index (χ2n) is 5.04. The summed E-state index contributed by atoms with van der Waals surface area (Å²) >= 11 is 0. The predicted octanol–water partition coefficient (Wildman–Crippen LogP) is 1.63. The number of hydrogen-bond acceptors (Lipinski definition) is 3. The lowest BCUT2D eigenvalue weighted by molar-refractivity contribution is -0.137. The Morgan fingerprint density at radius 1 is 1.18 bits per heavy atom. The first-order valence-corrected chi connectivity index (χ1v) is 6.77. The molecule has 2 atom stereocenters. The minimum absolute atomic E-state index is 0.268. The molecule has 2 unspecified atom stereocenters. The van der Waals surface area contributed by atoms with Crippen LogP contribution in [-0.2, 0) is 4.79 Å². The third-order valence-corrected chi connectivity index (χ3v) is 3.70. The number of aliphatic carboxylic acids is 1. The Hall–Kier alpha value is -0.610. The monoisotopic (exact) mass is 243 g/mol. The predicted molar refractivity (Wildman–Crippen MR) is 66.9 cm³/mol. The zero-order valence-corrected chi connectivity index (χ0v) is 10.5. The number of hydrogen-bond donors (Lipinski definition) is 3. The minimum Gasteiger partial charge on any atom is -0.481 e. The summed E-state index contributed by atoms with van der Waals surface area (Å²) in [4.78, 5) is 10.3. The van der Waals surface area contributed by atoms with Crippen LogP contribution in [0.5, 0.6) is 0 Å². The molecule has 0 aromatic rings. The van der Waals surface area contributed by atoms with Gasteiger partial charge in [-0.05, 0) is 50.6 Å². The Labute approximate surface area is 103 Å². The Bertz CT molecular complexity index is 221. The summed E-state index contributed by atoms with van der Waals surface area (Å²) in [5.41, 5.74) is 0. The molecule has 17 heavy (non-hydrogen) atoms. The van der Waals surface area contributed by atoms with E-state index in [0.29, 0.717) is 18.4 Å². The van der Waals surface area contributed by atoms with Crippen LogP contribution >= 0.6 is 0 Å². The van der Waals surface area contributed by atoms with Gasteiger partial charge in [-0.25, -0.2) is 0 Å². The van der Waals surface area contributed by atoms with Gasteiger partial charge in [-0.3, -0.25) is 4.79 Å². The standard InChI is InChI=1S/C13H25NO3/c15-10-12-6-2-1-5-11(12)9-14-8-4-3-7-13(16)17/h11-12,14-15H,1-10H2,(H,16,17). The fraction of sp³-hybridized carbons (Fsp3) is 0.923. The van der Waals surface area contributed by atoms with E-state index >= 15 is 0 Å². The van der Waals surface area contributed by atoms with E-state index in [9.17, 15) is 9.90 Å². The van der Waals surface area contributed by atoms with Crippen molar-refractivity contribution in [2.45, 2.75) is 44.9 Å². The Kier molecular flexibility index (Phi) is 7.21. The average molecular weight is 243 g/mol. The molecule has 3 N–H and O–H groups in total. The molecule has 0 saturated heterocycles. The molecule has 0 aromatic carbocycles. The number of carboxylic acid groups (broad SMARTS) is 1. The van der Waals surface area contributed by atoms with Crippen molar-refractivity contribution >= 4 is 5.97 Å². The second kappa shape index (κ2) is 8.48. The Balaban J connectivity index is 2.02. The van der Waals surface area contributed by atoms with Crippen molar-refractivity contribution in [3.63, 3.8) is 0 Å². The number of aliphatic hydroxyl groups excluding tert-OH is 1. The number of aliphatic hydroxyl groups is 1. The van der Waals surface area contributed by atoms with Crippen LogP contribution in [0, 0.1) is 11.8 Å². The molecule has 1 fully saturated rings. The van der Waals surface area contributed by atoms with Gasteiger partial charge in [-0.1, -0.05) is 12.8 Å². The summed E-state index contributed by atoms with van der Waals surface area (Å²) in [7, 11) is 0. The lowest BCUT2D eigenvalue weighted by atomic mass is 9.79. The van der Waals surface area contributed by atoms with Gasteiger partial charge in [-0.2, -0.15) is 0 Å². The summed E-state index contributed by atoms with van der Waals surface area (Å²) in [6.07, 6.45) is 6.83. The van der Waals surface area contributed by atoms with Gasteiger partial charge in [0.05, 0.1) is 0 Å². The van der Waals surface area contributed by atoms with Gasteiger partial charge in [0, 0.05) is 13.0 Å². The molecular weight excluding hydrogens is 218 g/mol. The first-order valence-electron chi connectivity index (χ1n) is 6.77. The van der Waals surface area contributed by atoms with Gasteiger partial charge >= 0.3 is 5.97 Å². The van der Waals surface area contributed by atoms with Gasteiger partial charge < -0.3 is 15.5 Å². The molecule has 1 aliphatic carbocycles. The lowest BCUT2D eigenvalue weighted by Crippen LogP contribution is -2.32. The van der Waals surface area contributed by atoms with Crippen LogP contribution in [0.1, 0.15) is 44.9 Å². The topological polar surface area (TPSA) is 69.6 Å². The van der Waals surface area contributed by atoms with Crippen molar-refractivity contribution in [1.82, 2.24) is 5.32 Å². The zero-order chi connectivity index (χ0) is 12.5. The number of carboxylic acids is 1. The SMILES string of the molecule is O=C(O)CCCCNCC1CCCCC1CO. The molecule has 0 radical (unpaired) electrons. The van der Waals surface area contributed by atoms with E-state index < -0.39 is 5.97 Å². The molecule has 0 amide bonds. The van der Waals surface area contributed by atoms with E-state index in [4.69, 9.17) is 5.11 Å². The van der Waals surface area contributed by atoms with Crippen molar-refractivity contribution in [3.8, 4) is 0 Å². The quantitative estimate of drug-likeness (QED) is 0.567. The fourth-order valence-electron chi connectivity index (χ4n) is 2.61. The number of nitrogens with one attached hydrogen (secondary N) is 1. The molecular formula is C13H25NO3. The molecule has 0 bridgehead atoms. The molecule has 0 aromatic heterocycles. The average Bonchev–Trinajstić information content (AvgIpc) is 2.33. The van der Waals surface area contributed by atoms with Crippen molar-refractivity contribution < 1.29 is 15.0 Å². The highest BCUT2D eigenvalue weighted by Crippen LogP contribution is 2.28. The fourth-order valence-corrected chi connectivity index (χ4v) is 2.61. The van der Waals surface area contributed by atoms with Gasteiger partial charge in [0.15, 0.2) is 0 Å². The first kappa shape index (κ1) is 14.5. The maximum absolute atomic E-state index is 10.3. The van der Waals surface area contributed by atoms with E-state index in [0.717, 1.165) is 32.4 Å². The zero-order valence-electron chi connectivity index (χ0n) is 10.5. The highest BCUT2D eigenvalue weighted by atomic mass is 16.4. The maximum atomic E-state index is 10.3. The highest BCUT2D eigenvalue weighted by molar-refractivity contribution is 5.66. The number of unbranched alkanes of at least 4 members (excludes halogenated alkanes) is 1. The number of rotatable bonds is 8. The largest absolute Gasteiger partial charge is 0.481 e. The van der Waals surface area contributed by atoms with Crippen LogP contribution in [0.25, 0.3) is 0 Å². The molecule has 0 aliphatic heterocycles. The number of carbonyl (C=O) groups is 1. The first-order chi connectivity index (χ1) is 8.24. The summed E-state index contributed by atoms with van der Waals surface area (Å²) in [5, 5.41) is 21.2. The molecule has 1 saturated carbocycles.